The molecule has 0 bridgehead atoms. The second-order valence-corrected chi connectivity index (χ2v) is 5.59. The zero-order valence-corrected chi connectivity index (χ0v) is 13.6. The molecule has 1 aliphatic heterocycles. The maximum Gasteiger partial charge on any atom is 0.158 e. The van der Waals surface area contributed by atoms with Crippen LogP contribution in [-0.4, -0.2) is 35.7 Å². The molecule has 0 radical (unpaired) electrons. The van der Waals surface area contributed by atoms with Crippen LogP contribution in [-0.2, 0) is 11.3 Å². The van der Waals surface area contributed by atoms with Gasteiger partial charge in [-0.25, -0.2) is 9.97 Å². The highest BCUT2D eigenvalue weighted by Crippen LogP contribution is 2.24. The van der Waals surface area contributed by atoms with Gasteiger partial charge in [-0.05, 0) is 33.6 Å². The normalized spacial score (nSPS) is 19.4. The van der Waals surface area contributed by atoms with Crippen molar-refractivity contribution in [2.75, 3.05) is 29.9 Å². The van der Waals surface area contributed by atoms with Crippen LogP contribution in [0.2, 0.25) is 0 Å². The quantitative estimate of drug-likeness (QED) is 0.872. The van der Waals surface area contributed by atoms with Gasteiger partial charge in [-0.3, -0.25) is 0 Å². The summed E-state index contributed by atoms with van der Waals surface area (Å²) in [6.07, 6.45) is 5.11. The average molecular weight is 292 g/mol. The molecule has 0 spiro atoms. The van der Waals surface area contributed by atoms with Crippen molar-refractivity contribution >= 4 is 11.6 Å². The summed E-state index contributed by atoms with van der Waals surface area (Å²) < 4.78 is 5.48. The van der Waals surface area contributed by atoms with Crippen molar-refractivity contribution < 1.29 is 4.74 Å². The van der Waals surface area contributed by atoms with Crippen LogP contribution in [0.5, 0.6) is 0 Å². The van der Waals surface area contributed by atoms with E-state index in [1.807, 2.05) is 6.92 Å². The lowest BCUT2D eigenvalue weighted by molar-refractivity contribution is 0.128. The summed E-state index contributed by atoms with van der Waals surface area (Å²) in [4.78, 5) is 11.7. The fourth-order valence-corrected chi connectivity index (χ4v) is 2.78. The van der Waals surface area contributed by atoms with Crippen molar-refractivity contribution in [1.82, 2.24) is 9.97 Å². The van der Waals surface area contributed by atoms with Gasteiger partial charge in [0.1, 0.15) is 18.2 Å². The van der Waals surface area contributed by atoms with Crippen molar-refractivity contribution in [3.05, 3.63) is 11.9 Å². The highest BCUT2D eigenvalue weighted by atomic mass is 16.5. The number of anilines is 2. The van der Waals surface area contributed by atoms with E-state index in [1.165, 1.54) is 25.7 Å². The molecule has 1 aromatic heterocycles. The third kappa shape index (κ3) is 4.56. The number of ether oxygens (including phenoxy) is 1. The average Bonchev–Trinajstić information content (AvgIpc) is 2.70. The van der Waals surface area contributed by atoms with Gasteiger partial charge in [-0.2, -0.15) is 0 Å². The van der Waals surface area contributed by atoms with Crippen LogP contribution in [0.4, 0.5) is 11.6 Å². The topological polar surface area (TPSA) is 50.3 Å². The first kappa shape index (κ1) is 16.0. The van der Waals surface area contributed by atoms with Gasteiger partial charge in [0, 0.05) is 31.8 Å². The minimum absolute atomic E-state index is 0.477. The summed E-state index contributed by atoms with van der Waals surface area (Å²) in [6.45, 7) is 9.47. The molecule has 1 saturated heterocycles. The monoisotopic (exact) mass is 292 g/mol. The first-order valence-corrected chi connectivity index (χ1v) is 8.20. The fourth-order valence-electron chi connectivity index (χ4n) is 2.78. The molecule has 1 unspecified atom stereocenters. The molecule has 2 rings (SSSR count). The number of rotatable bonds is 6. The number of hydrogen-bond donors (Lipinski definition) is 1. The van der Waals surface area contributed by atoms with Crippen LogP contribution in [0.1, 0.15) is 52.3 Å². The smallest absolute Gasteiger partial charge is 0.158 e. The summed E-state index contributed by atoms with van der Waals surface area (Å²) in [6, 6.07) is 2.61. The van der Waals surface area contributed by atoms with Crippen LogP contribution in [0.25, 0.3) is 0 Å². The Balaban J connectivity index is 2.24. The molecule has 118 valence electrons. The SMILES string of the molecule is CCNc1cc(N2CCCCCC2C)nc(COCC)n1. The van der Waals surface area contributed by atoms with Gasteiger partial charge in [0.2, 0.25) is 0 Å². The summed E-state index contributed by atoms with van der Waals surface area (Å²) >= 11 is 0. The Kier molecular flexibility index (Phi) is 6.23. The highest BCUT2D eigenvalue weighted by molar-refractivity contribution is 5.50. The van der Waals surface area contributed by atoms with E-state index >= 15 is 0 Å². The van der Waals surface area contributed by atoms with Crippen molar-refractivity contribution in [3.8, 4) is 0 Å². The predicted molar refractivity (Wildman–Crippen MR) is 86.8 cm³/mol. The van der Waals surface area contributed by atoms with Gasteiger partial charge in [0.15, 0.2) is 5.82 Å². The van der Waals surface area contributed by atoms with Crippen molar-refractivity contribution in [3.63, 3.8) is 0 Å². The van der Waals surface area contributed by atoms with Crippen LogP contribution in [0.3, 0.4) is 0 Å². The Morgan fingerprint density at radius 3 is 2.90 bits per heavy atom. The molecule has 1 N–H and O–H groups in total. The zero-order valence-electron chi connectivity index (χ0n) is 13.6. The lowest BCUT2D eigenvalue weighted by Gasteiger charge is -2.28. The van der Waals surface area contributed by atoms with E-state index < -0.39 is 0 Å². The summed E-state index contributed by atoms with van der Waals surface area (Å²) in [5, 5.41) is 3.30. The summed E-state index contributed by atoms with van der Waals surface area (Å²) in [5.74, 6) is 2.69. The van der Waals surface area contributed by atoms with E-state index in [-0.39, 0.29) is 0 Å². The third-order valence-electron chi connectivity index (χ3n) is 3.90. The van der Waals surface area contributed by atoms with Gasteiger partial charge >= 0.3 is 0 Å². The molecule has 1 aromatic rings. The number of aromatic nitrogens is 2. The zero-order chi connectivity index (χ0) is 15.1. The Morgan fingerprint density at radius 2 is 2.14 bits per heavy atom. The van der Waals surface area contributed by atoms with Gasteiger partial charge in [0.05, 0.1) is 0 Å². The van der Waals surface area contributed by atoms with E-state index in [1.54, 1.807) is 0 Å². The molecular weight excluding hydrogens is 264 g/mol. The Labute approximate surface area is 128 Å². The summed E-state index contributed by atoms with van der Waals surface area (Å²) in [5.41, 5.74) is 0. The Hall–Kier alpha value is -1.36. The second kappa shape index (κ2) is 8.17. The van der Waals surface area contributed by atoms with E-state index in [4.69, 9.17) is 9.72 Å². The van der Waals surface area contributed by atoms with Gasteiger partial charge in [-0.1, -0.05) is 12.8 Å². The molecule has 5 nitrogen and oxygen atoms in total. The fraction of sp³-hybridized carbons (Fsp3) is 0.750. The molecule has 5 heteroatoms. The Bertz CT molecular complexity index is 438. The Morgan fingerprint density at radius 1 is 1.29 bits per heavy atom. The molecule has 1 aliphatic rings. The maximum absolute atomic E-state index is 5.48. The standard InChI is InChI=1S/C16H28N4O/c1-4-17-14-11-16(19-15(18-14)12-21-5-2)20-10-8-6-7-9-13(20)3/h11,13H,4-10,12H2,1-3H3,(H,17,18,19). The van der Waals surface area contributed by atoms with E-state index in [0.29, 0.717) is 19.3 Å². The number of nitrogens with zero attached hydrogens (tertiary/aromatic N) is 3. The summed E-state index contributed by atoms with van der Waals surface area (Å²) in [7, 11) is 0. The van der Waals surface area contributed by atoms with Gasteiger partial charge < -0.3 is 15.0 Å². The lowest BCUT2D eigenvalue weighted by atomic mass is 10.1. The molecule has 0 aromatic carbocycles. The van der Waals surface area contributed by atoms with Crippen LogP contribution in [0.15, 0.2) is 6.07 Å². The van der Waals surface area contributed by atoms with Crippen LogP contribution < -0.4 is 10.2 Å². The van der Waals surface area contributed by atoms with Gasteiger partial charge in [-0.15, -0.1) is 0 Å². The van der Waals surface area contributed by atoms with Crippen LogP contribution >= 0.6 is 0 Å². The maximum atomic E-state index is 5.48. The molecular formula is C16H28N4O. The molecule has 1 atom stereocenters. The molecule has 21 heavy (non-hydrogen) atoms. The first-order chi connectivity index (χ1) is 10.2. The van der Waals surface area contributed by atoms with Crippen LogP contribution in [0, 0.1) is 0 Å². The molecule has 0 saturated carbocycles. The molecule has 1 fully saturated rings. The molecule has 2 heterocycles. The third-order valence-corrected chi connectivity index (χ3v) is 3.90. The highest BCUT2D eigenvalue weighted by Gasteiger charge is 2.19. The minimum Gasteiger partial charge on any atom is -0.374 e. The molecule has 0 aliphatic carbocycles. The van der Waals surface area contributed by atoms with Crippen molar-refractivity contribution in [2.24, 2.45) is 0 Å². The number of hydrogen-bond acceptors (Lipinski definition) is 5. The van der Waals surface area contributed by atoms with E-state index in [9.17, 15) is 0 Å². The van der Waals surface area contributed by atoms with Crippen molar-refractivity contribution in [1.29, 1.82) is 0 Å². The van der Waals surface area contributed by atoms with Gasteiger partial charge in [0.25, 0.3) is 0 Å². The number of nitrogens with one attached hydrogen (secondary N) is 1. The van der Waals surface area contributed by atoms with Crippen molar-refractivity contribution in [2.45, 2.75) is 59.1 Å². The second-order valence-electron chi connectivity index (χ2n) is 5.59. The lowest BCUT2D eigenvalue weighted by Crippen LogP contribution is -2.33. The predicted octanol–water partition coefficient (Wildman–Crippen LogP) is 3.21. The molecule has 0 amide bonds. The van der Waals surface area contributed by atoms with E-state index in [2.05, 4.69) is 35.1 Å². The minimum atomic E-state index is 0.477. The largest absolute Gasteiger partial charge is 0.374 e. The van der Waals surface area contributed by atoms with E-state index in [0.717, 1.165) is 30.5 Å². The first-order valence-electron chi connectivity index (χ1n) is 8.20.